The molecule has 0 aliphatic heterocycles. The standard InChI is InChI=1S/C15H16Br4O6/c1-3-23-5-7-25-15(21)9-8(14(20)24-6-4-22-2)10(16)12(18)13(19)11(9)17/h3-7H2,1-2H3. The molecule has 0 heterocycles. The van der Waals surface area contributed by atoms with Crippen molar-refractivity contribution in [3.63, 3.8) is 0 Å². The van der Waals surface area contributed by atoms with Gasteiger partial charge >= 0.3 is 11.9 Å². The van der Waals surface area contributed by atoms with Gasteiger partial charge in [0.1, 0.15) is 13.2 Å². The summed E-state index contributed by atoms with van der Waals surface area (Å²) in [5, 5.41) is 0. The first kappa shape index (κ1) is 23.0. The van der Waals surface area contributed by atoms with Crippen molar-refractivity contribution in [1.29, 1.82) is 0 Å². The number of carbonyl (C=O) groups is 2. The van der Waals surface area contributed by atoms with Crippen LogP contribution < -0.4 is 0 Å². The summed E-state index contributed by atoms with van der Waals surface area (Å²) in [6.45, 7) is 3.01. The molecule has 10 heteroatoms. The molecule has 1 rings (SSSR count). The van der Waals surface area contributed by atoms with Gasteiger partial charge in [-0.3, -0.25) is 0 Å². The average molecular weight is 612 g/mol. The van der Waals surface area contributed by atoms with Crippen molar-refractivity contribution in [2.24, 2.45) is 0 Å². The van der Waals surface area contributed by atoms with Gasteiger partial charge in [-0.2, -0.15) is 0 Å². The van der Waals surface area contributed by atoms with Crippen LogP contribution in [0.3, 0.4) is 0 Å². The van der Waals surface area contributed by atoms with Gasteiger partial charge in [0.05, 0.1) is 24.3 Å². The molecular weight excluding hydrogens is 596 g/mol. The fourth-order valence-electron chi connectivity index (χ4n) is 1.71. The zero-order valence-electron chi connectivity index (χ0n) is 13.5. The first-order chi connectivity index (χ1) is 11.9. The Hall–Kier alpha value is -0.000000000000000187. The molecule has 0 spiro atoms. The molecule has 0 amide bonds. The van der Waals surface area contributed by atoms with E-state index in [0.29, 0.717) is 24.5 Å². The number of rotatable bonds is 9. The van der Waals surface area contributed by atoms with Crippen LogP contribution in [0.15, 0.2) is 17.9 Å². The fourth-order valence-corrected chi connectivity index (χ4v) is 4.16. The highest BCUT2D eigenvalue weighted by Crippen LogP contribution is 2.42. The first-order valence-corrected chi connectivity index (χ1v) is 10.3. The molecule has 1 aromatic carbocycles. The number of hydrogen-bond donors (Lipinski definition) is 0. The Morgan fingerprint density at radius 1 is 0.760 bits per heavy atom. The molecule has 0 atom stereocenters. The molecule has 25 heavy (non-hydrogen) atoms. The summed E-state index contributed by atoms with van der Waals surface area (Å²) in [5.74, 6) is -1.34. The van der Waals surface area contributed by atoms with Crippen LogP contribution in [-0.2, 0) is 18.9 Å². The molecule has 0 bridgehead atoms. The molecule has 0 saturated carbocycles. The first-order valence-electron chi connectivity index (χ1n) is 7.13. The maximum Gasteiger partial charge on any atom is 0.340 e. The zero-order valence-corrected chi connectivity index (χ0v) is 19.8. The van der Waals surface area contributed by atoms with E-state index in [9.17, 15) is 9.59 Å². The number of hydrogen-bond acceptors (Lipinski definition) is 6. The Kier molecular flexibility index (Phi) is 10.7. The van der Waals surface area contributed by atoms with Gasteiger partial charge in [-0.05, 0) is 70.6 Å². The van der Waals surface area contributed by atoms with Crippen LogP contribution in [0.2, 0.25) is 0 Å². The highest BCUT2D eigenvalue weighted by Gasteiger charge is 2.29. The Morgan fingerprint density at radius 2 is 1.20 bits per heavy atom. The largest absolute Gasteiger partial charge is 0.460 e. The van der Waals surface area contributed by atoms with Crippen LogP contribution in [0.5, 0.6) is 0 Å². The number of esters is 2. The van der Waals surface area contributed by atoms with E-state index in [0.717, 1.165) is 0 Å². The Balaban J connectivity index is 3.19. The number of carbonyl (C=O) groups excluding carboxylic acids is 2. The SMILES string of the molecule is CCOCCOC(=O)c1c(Br)c(Br)c(Br)c(Br)c1C(=O)OCCOC. The molecule has 0 fully saturated rings. The predicted molar refractivity (Wildman–Crippen MR) is 106 cm³/mol. The third-order valence-electron chi connectivity index (χ3n) is 2.86. The van der Waals surface area contributed by atoms with Crippen molar-refractivity contribution >= 4 is 75.7 Å². The Bertz CT molecular complexity index is 635. The monoisotopic (exact) mass is 608 g/mol. The molecule has 140 valence electrons. The summed E-state index contributed by atoms with van der Waals surface area (Å²) in [6.07, 6.45) is 0. The summed E-state index contributed by atoms with van der Waals surface area (Å²) in [7, 11) is 1.50. The van der Waals surface area contributed by atoms with Gasteiger partial charge in [-0.1, -0.05) is 0 Å². The fraction of sp³-hybridized carbons (Fsp3) is 0.467. The van der Waals surface area contributed by atoms with Gasteiger partial charge < -0.3 is 18.9 Å². The van der Waals surface area contributed by atoms with Crippen molar-refractivity contribution in [3.05, 3.63) is 29.0 Å². The van der Waals surface area contributed by atoms with Crippen LogP contribution >= 0.6 is 63.7 Å². The van der Waals surface area contributed by atoms with Crippen molar-refractivity contribution in [3.8, 4) is 0 Å². The summed E-state index contributed by atoms with van der Waals surface area (Å²) >= 11 is 13.4. The summed E-state index contributed by atoms with van der Waals surface area (Å²) in [5.41, 5.74) is 0.111. The Labute approximate surface area is 179 Å². The van der Waals surface area contributed by atoms with Crippen LogP contribution in [0, 0.1) is 0 Å². The molecule has 1 aromatic rings. The molecule has 0 unspecified atom stereocenters. The predicted octanol–water partition coefficient (Wildman–Crippen LogP) is 4.73. The second-order valence-electron chi connectivity index (χ2n) is 4.47. The van der Waals surface area contributed by atoms with Gasteiger partial charge in [0.25, 0.3) is 0 Å². The topological polar surface area (TPSA) is 71.1 Å². The third kappa shape index (κ3) is 6.28. The second-order valence-corrected chi connectivity index (χ2v) is 7.64. The molecule has 6 nitrogen and oxygen atoms in total. The number of ether oxygens (including phenoxy) is 4. The maximum atomic E-state index is 12.5. The number of benzene rings is 1. The van der Waals surface area contributed by atoms with E-state index in [1.54, 1.807) is 0 Å². The lowest BCUT2D eigenvalue weighted by atomic mass is 10.1. The molecule has 0 aromatic heterocycles. The smallest absolute Gasteiger partial charge is 0.340 e. The highest BCUT2D eigenvalue weighted by molar-refractivity contribution is 9.15. The van der Waals surface area contributed by atoms with Crippen molar-refractivity contribution in [1.82, 2.24) is 0 Å². The molecular formula is C15H16Br4O6. The lowest BCUT2D eigenvalue weighted by molar-refractivity contribution is 0.0311. The lowest BCUT2D eigenvalue weighted by Gasteiger charge is -2.16. The number of halogens is 4. The van der Waals surface area contributed by atoms with Crippen LogP contribution in [0.4, 0.5) is 0 Å². The second kappa shape index (κ2) is 11.7. The highest BCUT2D eigenvalue weighted by atomic mass is 79.9. The molecule has 0 aliphatic rings. The van der Waals surface area contributed by atoms with Crippen molar-refractivity contribution < 1.29 is 28.5 Å². The van der Waals surface area contributed by atoms with E-state index >= 15 is 0 Å². The van der Waals surface area contributed by atoms with Crippen molar-refractivity contribution in [2.45, 2.75) is 6.92 Å². The quantitative estimate of drug-likeness (QED) is 0.174. The van der Waals surface area contributed by atoms with Crippen molar-refractivity contribution in [2.75, 3.05) is 40.1 Å². The minimum Gasteiger partial charge on any atom is -0.460 e. The molecule has 0 radical (unpaired) electrons. The van der Waals surface area contributed by atoms with E-state index in [1.807, 2.05) is 6.92 Å². The number of methoxy groups -OCH3 is 1. The summed E-state index contributed by atoms with van der Waals surface area (Å²) in [4.78, 5) is 25.0. The van der Waals surface area contributed by atoms with Gasteiger partial charge in [0.2, 0.25) is 0 Å². The van der Waals surface area contributed by atoms with E-state index in [-0.39, 0.29) is 37.6 Å². The van der Waals surface area contributed by atoms with E-state index < -0.39 is 11.9 Å². The van der Waals surface area contributed by atoms with Gasteiger partial charge in [-0.25, -0.2) is 9.59 Å². The molecule has 0 aliphatic carbocycles. The van der Waals surface area contributed by atoms with Gasteiger partial charge in [0.15, 0.2) is 0 Å². The van der Waals surface area contributed by atoms with E-state index in [2.05, 4.69) is 63.7 Å². The van der Waals surface area contributed by atoms with Crippen LogP contribution in [-0.4, -0.2) is 52.1 Å². The van der Waals surface area contributed by atoms with E-state index in [1.165, 1.54) is 7.11 Å². The third-order valence-corrected chi connectivity index (χ3v) is 7.63. The van der Waals surface area contributed by atoms with E-state index in [4.69, 9.17) is 18.9 Å². The minimum atomic E-state index is -0.672. The zero-order chi connectivity index (χ0) is 19.0. The normalized spacial score (nSPS) is 10.6. The maximum absolute atomic E-state index is 12.5. The molecule has 0 N–H and O–H groups in total. The Morgan fingerprint density at radius 3 is 1.60 bits per heavy atom. The van der Waals surface area contributed by atoms with Gasteiger partial charge in [-0.15, -0.1) is 0 Å². The van der Waals surface area contributed by atoms with Crippen LogP contribution in [0.25, 0.3) is 0 Å². The summed E-state index contributed by atoms with van der Waals surface area (Å²) in [6, 6.07) is 0. The average Bonchev–Trinajstić information content (AvgIpc) is 2.59. The van der Waals surface area contributed by atoms with Gasteiger partial charge in [0, 0.05) is 31.6 Å². The summed E-state index contributed by atoms with van der Waals surface area (Å²) < 4.78 is 22.2. The molecule has 0 saturated heterocycles. The minimum absolute atomic E-state index is 0.0551. The lowest BCUT2D eigenvalue weighted by Crippen LogP contribution is -2.19. The van der Waals surface area contributed by atoms with Crippen LogP contribution in [0.1, 0.15) is 27.6 Å².